The third-order valence-electron chi connectivity index (χ3n) is 5.97. The van der Waals surface area contributed by atoms with Crippen LogP contribution in [0.25, 0.3) is 0 Å². The third kappa shape index (κ3) is 5.63. The van der Waals surface area contributed by atoms with E-state index in [2.05, 4.69) is 6.07 Å². The largest absolute Gasteiger partial charge is 0.493 e. The van der Waals surface area contributed by atoms with Crippen LogP contribution >= 0.6 is 0 Å². The second-order valence-electron chi connectivity index (χ2n) is 9.42. The van der Waals surface area contributed by atoms with E-state index >= 15 is 0 Å². The number of carbonyl (C=O) groups is 2. The zero-order chi connectivity index (χ0) is 22.6. The molecule has 31 heavy (non-hydrogen) atoms. The van der Waals surface area contributed by atoms with Crippen LogP contribution in [0.4, 0.5) is 4.79 Å². The Kier molecular flexibility index (Phi) is 7.34. The molecule has 2 aliphatic heterocycles. The highest BCUT2D eigenvalue weighted by Gasteiger charge is 2.46. The van der Waals surface area contributed by atoms with Crippen molar-refractivity contribution in [2.45, 2.75) is 77.0 Å². The van der Waals surface area contributed by atoms with Gasteiger partial charge in [0, 0.05) is 13.1 Å². The molecule has 2 heterocycles. The van der Waals surface area contributed by atoms with Crippen molar-refractivity contribution < 1.29 is 23.8 Å². The lowest BCUT2D eigenvalue weighted by atomic mass is 9.91. The predicted molar refractivity (Wildman–Crippen MR) is 119 cm³/mol. The third-order valence-corrected chi connectivity index (χ3v) is 5.97. The van der Waals surface area contributed by atoms with E-state index in [0.717, 1.165) is 56.6 Å². The summed E-state index contributed by atoms with van der Waals surface area (Å²) in [5, 5.41) is 0. The van der Waals surface area contributed by atoms with Gasteiger partial charge in [-0.1, -0.05) is 6.07 Å². The molecule has 3 rings (SSSR count). The van der Waals surface area contributed by atoms with Crippen LogP contribution in [0.2, 0.25) is 0 Å². The molecule has 0 aliphatic carbocycles. The van der Waals surface area contributed by atoms with Crippen LogP contribution in [0.5, 0.6) is 11.5 Å². The van der Waals surface area contributed by atoms with E-state index in [1.54, 1.807) is 19.1 Å². The molecule has 0 radical (unpaired) electrons. The number of amides is 2. The molecule has 2 aliphatic rings. The summed E-state index contributed by atoms with van der Waals surface area (Å²) in [4.78, 5) is 29.4. The van der Waals surface area contributed by atoms with E-state index in [-0.39, 0.29) is 24.1 Å². The smallest absolute Gasteiger partial charge is 0.411 e. The summed E-state index contributed by atoms with van der Waals surface area (Å²) in [7, 11) is 3.27. The van der Waals surface area contributed by atoms with Crippen molar-refractivity contribution in [1.82, 2.24) is 9.80 Å². The summed E-state index contributed by atoms with van der Waals surface area (Å²) in [6, 6.07) is 5.66. The maximum absolute atomic E-state index is 13.1. The summed E-state index contributed by atoms with van der Waals surface area (Å²) in [6.45, 7) is 6.90. The first-order chi connectivity index (χ1) is 14.7. The molecule has 0 spiro atoms. The molecule has 2 atom stereocenters. The van der Waals surface area contributed by atoms with E-state index < -0.39 is 5.60 Å². The van der Waals surface area contributed by atoms with E-state index in [0.29, 0.717) is 6.54 Å². The van der Waals surface area contributed by atoms with Gasteiger partial charge >= 0.3 is 6.09 Å². The summed E-state index contributed by atoms with van der Waals surface area (Å²) >= 11 is 0. The number of hydrogen-bond acceptors (Lipinski definition) is 5. The first-order valence-electron chi connectivity index (χ1n) is 11.2. The van der Waals surface area contributed by atoms with Crippen LogP contribution in [0.1, 0.15) is 58.4 Å². The molecule has 2 bridgehead atoms. The van der Waals surface area contributed by atoms with Crippen molar-refractivity contribution in [1.29, 1.82) is 0 Å². The average Bonchev–Trinajstić information content (AvgIpc) is 2.72. The average molecular weight is 433 g/mol. The zero-order valence-corrected chi connectivity index (χ0v) is 19.5. The number of fused-ring (bicyclic) bond motifs is 2. The van der Waals surface area contributed by atoms with Gasteiger partial charge < -0.3 is 19.1 Å². The van der Waals surface area contributed by atoms with Crippen molar-refractivity contribution in [2.24, 2.45) is 0 Å². The van der Waals surface area contributed by atoms with Gasteiger partial charge in [-0.2, -0.15) is 0 Å². The van der Waals surface area contributed by atoms with Crippen LogP contribution in [-0.4, -0.2) is 66.8 Å². The van der Waals surface area contributed by atoms with Gasteiger partial charge in [0.15, 0.2) is 11.5 Å². The molecule has 0 aromatic heterocycles. The Morgan fingerprint density at radius 1 is 1.10 bits per heavy atom. The second kappa shape index (κ2) is 9.79. The molecule has 7 heteroatoms. The van der Waals surface area contributed by atoms with E-state index in [1.807, 2.05) is 37.8 Å². The normalized spacial score (nSPS) is 21.1. The first kappa shape index (κ1) is 23.2. The number of methoxy groups -OCH3 is 2. The number of rotatable bonds is 7. The van der Waals surface area contributed by atoms with E-state index in [9.17, 15) is 9.59 Å². The van der Waals surface area contributed by atoms with E-state index in [1.165, 1.54) is 5.56 Å². The number of likely N-dealkylation sites (tertiary alicyclic amines) is 1. The first-order valence-corrected chi connectivity index (χ1v) is 11.2. The van der Waals surface area contributed by atoms with Crippen LogP contribution in [0.3, 0.4) is 0 Å². The number of carbonyl (C=O) groups excluding carboxylic acids is 2. The Labute approximate surface area is 185 Å². The predicted octanol–water partition coefficient (Wildman–Crippen LogP) is 4.03. The number of aryl methyl sites for hydroxylation is 1. The quantitative estimate of drug-likeness (QED) is 0.609. The maximum atomic E-state index is 13.1. The fraction of sp³-hybridized carbons (Fsp3) is 0.667. The summed E-state index contributed by atoms with van der Waals surface area (Å²) in [5.74, 6) is 1.53. The molecule has 1 aromatic rings. The molecule has 0 saturated carbocycles. The van der Waals surface area contributed by atoms with Gasteiger partial charge in [0.2, 0.25) is 5.91 Å². The summed E-state index contributed by atoms with van der Waals surface area (Å²) < 4.78 is 16.2. The fourth-order valence-corrected chi connectivity index (χ4v) is 4.52. The number of hydrogen-bond donors (Lipinski definition) is 0. The van der Waals surface area contributed by atoms with Gasteiger partial charge in [-0.3, -0.25) is 9.69 Å². The highest BCUT2D eigenvalue weighted by Crippen LogP contribution is 2.32. The van der Waals surface area contributed by atoms with Gasteiger partial charge in [0.25, 0.3) is 0 Å². The lowest BCUT2D eigenvalue weighted by molar-refractivity contribution is -0.147. The van der Waals surface area contributed by atoms with Crippen LogP contribution in [0, 0.1) is 0 Å². The van der Waals surface area contributed by atoms with Gasteiger partial charge in [-0.25, -0.2) is 4.79 Å². The Morgan fingerprint density at radius 2 is 1.84 bits per heavy atom. The highest BCUT2D eigenvalue weighted by atomic mass is 16.6. The number of piperazine rings is 1. The maximum Gasteiger partial charge on any atom is 0.411 e. The Morgan fingerprint density at radius 3 is 2.52 bits per heavy atom. The molecule has 2 unspecified atom stereocenters. The van der Waals surface area contributed by atoms with Crippen LogP contribution in [-0.2, 0) is 16.0 Å². The lowest BCUT2D eigenvalue weighted by Crippen LogP contribution is -2.65. The van der Waals surface area contributed by atoms with E-state index in [4.69, 9.17) is 14.2 Å². The molecular weight excluding hydrogens is 396 g/mol. The minimum atomic E-state index is -0.560. The number of piperidine rings is 1. The molecule has 2 amide bonds. The van der Waals surface area contributed by atoms with Gasteiger partial charge in [-0.05, 0) is 77.0 Å². The standard InChI is InChI=1S/C24H36N2O5/c1-24(2,3)31-23(28)26-18-10-8-11-19(26)22(27)25(16-18)14-7-6-9-17-12-13-20(29-4)21(15-17)30-5/h12-13,15,18-19H,6-11,14,16H2,1-5H3. The number of nitrogens with zero attached hydrogens (tertiary/aromatic N) is 2. The van der Waals surface area contributed by atoms with Crippen LogP contribution < -0.4 is 9.47 Å². The van der Waals surface area contributed by atoms with Gasteiger partial charge in [0.05, 0.1) is 20.3 Å². The molecule has 1 aromatic carbocycles. The SMILES string of the molecule is COc1ccc(CCCCN2CC3CCCC(C2=O)N3C(=O)OC(C)(C)C)cc1OC. The molecule has 172 valence electrons. The Balaban J connectivity index is 1.53. The van der Waals surface area contributed by atoms with Crippen molar-refractivity contribution >= 4 is 12.0 Å². The van der Waals surface area contributed by atoms with Crippen molar-refractivity contribution in [3.05, 3.63) is 23.8 Å². The van der Waals surface area contributed by atoms with Gasteiger partial charge in [-0.15, -0.1) is 0 Å². The van der Waals surface area contributed by atoms with Crippen molar-refractivity contribution in [2.75, 3.05) is 27.3 Å². The number of ether oxygens (including phenoxy) is 3. The molecule has 2 fully saturated rings. The Hall–Kier alpha value is -2.44. The molecular formula is C24H36N2O5. The zero-order valence-electron chi connectivity index (χ0n) is 19.5. The minimum Gasteiger partial charge on any atom is -0.493 e. The topological polar surface area (TPSA) is 68.3 Å². The fourth-order valence-electron chi connectivity index (χ4n) is 4.52. The Bertz CT molecular complexity index is 789. The van der Waals surface area contributed by atoms with Crippen molar-refractivity contribution in [3.63, 3.8) is 0 Å². The minimum absolute atomic E-state index is 0.0529. The highest BCUT2D eigenvalue weighted by molar-refractivity contribution is 5.87. The second-order valence-corrected chi connectivity index (χ2v) is 9.42. The van der Waals surface area contributed by atoms with Gasteiger partial charge in [0.1, 0.15) is 11.6 Å². The molecule has 2 saturated heterocycles. The molecule has 7 nitrogen and oxygen atoms in total. The summed E-state index contributed by atoms with van der Waals surface area (Å²) in [5.41, 5.74) is 0.631. The number of unbranched alkanes of at least 4 members (excludes halogenated alkanes) is 1. The van der Waals surface area contributed by atoms with Crippen molar-refractivity contribution in [3.8, 4) is 11.5 Å². The molecule has 0 N–H and O–H groups in total. The lowest BCUT2D eigenvalue weighted by Gasteiger charge is -2.49. The van der Waals surface area contributed by atoms with Crippen LogP contribution in [0.15, 0.2) is 18.2 Å². The summed E-state index contributed by atoms with van der Waals surface area (Å²) in [6.07, 6.45) is 5.08. The monoisotopic (exact) mass is 432 g/mol. The number of benzene rings is 1.